The van der Waals surface area contributed by atoms with Gasteiger partial charge in [-0.15, -0.1) is 0 Å². The third kappa shape index (κ3) is 4.73. The van der Waals surface area contributed by atoms with E-state index in [1.54, 1.807) is 0 Å². The van der Waals surface area contributed by atoms with Crippen molar-refractivity contribution in [2.24, 2.45) is 11.8 Å². The summed E-state index contributed by atoms with van der Waals surface area (Å²) in [6, 6.07) is 0.377. The van der Waals surface area contributed by atoms with Crippen molar-refractivity contribution in [1.29, 1.82) is 0 Å². The normalized spacial score (nSPS) is 38.6. The lowest BCUT2D eigenvalue weighted by Gasteiger charge is -2.38. The molecule has 2 aliphatic carbocycles. The molecule has 4 saturated heterocycles. The summed E-state index contributed by atoms with van der Waals surface area (Å²) in [5.41, 5.74) is 6.44. The minimum absolute atomic E-state index is 0.0484. The van der Waals surface area contributed by atoms with E-state index in [9.17, 15) is 9.59 Å². The van der Waals surface area contributed by atoms with Gasteiger partial charge >= 0.3 is 0 Å². The van der Waals surface area contributed by atoms with Crippen molar-refractivity contribution in [2.45, 2.75) is 93.8 Å². The molecule has 6 unspecified atom stereocenters. The van der Waals surface area contributed by atoms with Gasteiger partial charge in [-0.25, -0.2) is 5.43 Å². The smallest absolute Gasteiger partial charge is 0.241 e. The van der Waals surface area contributed by atoms with Crippen LogP contribution in [0.25, 0.3) is 0 Å². The van der Waals surface area contributed by atoms with Crippen LogP contribution in [0, 0.1) is 11.8 Å². The Balaban J connectivity index is 1.06. The predicted molar refractivity (Wildman–Crippen MR) is 131 cm³/mol. The quantitative estimate of drug-likeness (QED) is 0.339. The molecule has 0 spiro atoms. The van der Waals surface area contributed by atoms with Crippen LogP contribution in [0.2, 0.25) is 0 Å². The van der Waals surface area contributed by atoms with Gasteiger partial charge in [0.25, 0.3) is 0 Å². The Morgan fingerprint density at radius 1 is 1.03 bits per heavy atom. The largest absolute Gasteiger partial charge is 0.348 e. The fourth-order valence-electron chi connectivity index (χ4n) is 7.13. The van der Waals surface area contributed by atoms with E-state index >= 15 is 0 Å². The minimum Gasteiger partial charge on any atom is -0.348 e. The molecular formula is C25H43N7O3. The lowest BCUT2D eigenvalue weighted by molar-refractivity contribution is -0.141. The molecule has 10 heteroatoms. The number of hydrogen-bond acceptors (Lipinski definition) is 8. The summed E-state index contributed by atoms with van der Waals surface area (Å²) in [6.45, 7) is 3.84. The Morgan fingerprint density at radius 2 is 1.83 bits per heavy atom. The van der Waals surface area contributed by atoms with Crippen LogP contribution in [0.1, 0.15) is 57.8 Å². The van der Waals surface area contributed by atoms with Gasteiger partial charge in [0.15, 0.2) is 6.35 Å². The highest BCUT2D eigenvalue weighted by Crippen LogP contribution is 2.42. The van der Waals surface area contributed by atoms with Gasteiger partial charge in [0.2, 0.25) is 11.8 Å². The maximum atomic E-state index is 13.7. The first kappa shape index (κ1) is 24.1. The summed E-state index contributed by atoms with van der Waals surface area (Å²) in [5.74, 6) is 1.09. The first-order chi connectivity index (χ1) is 17.0. The molecule has 2 amide bonds. The summed E-state index contributed by atoms with van der Waals surface area (Å²) < 4.78 is 6.08. The monoisotopic (exact) mass is 489 g/mol. The number of carbonyl (C=O) groups excluding carboxylic acids is 2. The van der Waals surface area contributed by atoms with E-state index in [-0.39, 0.29) is 47.7 Å². The van der Waals surface area contributed by atoms with Crippen LogP contribution in [0.5, 0.6) is 0 Å². The van der Waals surface area contributed by atoms with Crippen LogP contribution in [0.4, 0.5) is 0 Å². The van der Waals surface area contributed by atoms with Crippen LogP contribution in [-0.4, -0.2) is 97.5 Å². The lowest BCUT2D eigenvalue weighted by atomic mass is 9.84. The van der Waals surface area contributed by atoms with Crippen molar-refractivity contribution in [3.05, 3.63) is 0 Å². The lowest BCUT2D eigenvalue weighted by Crippen LogP contribution is -2.57. The zero-order chi connectivity index (χ0) is 24.0. The first-order valence-electron chi connectivity index (χ1n) is 14.0. The molecule has 35 heavy (non-hydrogen) atoms. The van der Waals surface area contributed by atoms with Gasteiger partial charge in [-0.1, -0.05) is 12.8 Å². The van der Waals surface area contributed by atoms with E-state index in [0.717, 1.165) is 51.7 Å². The number of rotatable bonds is 6. The van der Waals surface area contributed by atoms with E-state index in [2.05, 4.69) is 26.8 Å². The number of ether oxygens (including phenoxy) is 1. The molecule has 0 aromatic carbocycles. The molecule has 0 aromatic heterocycles. The Bertz CT molecular complexity index is 788. The highest BCUT2D eigenvalue weighted by Gasteiger charge is 2.53. The highest BCUT2D eigenvalue weighted by atomic mass is 16.5. The van der Waals surface area contributed by atoms with E-state index in [1.807, 2.05) is 16.8 Å². The van der Waals surface area contributed by atoms with Crippen LogP contribution < -0.4 is 26.8 Å². The van der Waals surface area contributed by atoms with Crippen molar-refractivity contribution in [3.63, 3.8) is 0 Å². The molecule has 6 aliphatic rings. The number of hydrogen-bond donors (Lipinski definition) is 5. The zero-order valence-electron chi connectivity index (χ0n) is 21.1. The first-order valence-corrected chi connectivity index (χ1v) is 14.0. The van der Waals surface area contributed by atoms with Crippen LogP contribution >= 0.6 is 0 Å². The van der Waals surface area contributed by atoms with Crippen LogP contribution in [-0.2, 0) is 14.3 Å². The number of likely N-dealkylation sites (tertiary alicyclic amines) is 1. The molecule has 4 aliphatic heterocycles. The molecule has 6 rings (SSSR count). The number of amides is 2. The second kappa shape index (κ2) is 9.87. The van der Waals surface area contributed by atoms with Crippen LogP contribution in [0.3, 0.4) is 0 Å². The van der Waals surface area contributed by atoms with Gasteiger partial charge < -0.3 is 19.9 Å². The van der Waals surface area contributed by atoms with Crippen molar-refractivity contribution in [1.82, 2.24) is 36.6 Å². The van der Waals surface area contributed by atoms with E-state index in [4.69, 9.17) is 4.74 Å². The molecule has 0 radical (unpaired) electrons. The third-order valence-corrected chi connectivity index (χ3v) is 9.65. The summed E-state index contributed by atoms with van der Waals surface area (Å²) in [6.07, 6.45) is 9.79. The van der Waals surface area contributed by atoms with Gasteiger partial charge in [-0.3, -0.25) is 25.6 Å². The Labute approximate surface area is 208 Å². The van der Waals surface area contributed by atoms with E-state index in [0.29, 0.717) is 25.1 Å². The number of nitrogens with zero attached hydrogens (tertiary/aromatic N) is 2. The van der Waals surface area contributed by atoms with Crippen molar-refractivity contribution < 1.29 is 14.3 Å². The maximum absolute atomic E-state index is 13.7. The third-order valence-electron chi connectivity index (χ3n) is 9.65. The molecule has 0 bridgehead atoms. The van der Waals surface area contributed by atoms with E-state index in [1.165, 1.54) is 25.7 Å². The fourth-order valence-corrected chi connectivity index (χ4v) is 7.13. The van der Waals surface area contributed by atoms with Gasteiger partial charge in [-0.05, 0) is 64.0 Å². The fraction of sp³-hybridized carbons (Fsp3) is 0.920. The SMILES string of the molecule is CN(C(=O)C1NNC2CCN(C(=O)C3CC4CCCCC4N3)CC21)C1(COC2NCCCN2)CC1. The maximum Gasteiger partial charge on any atom is 0.241 e. The number of likely N-dealkylation sites (N-methyl/N-ethyl adjacent to an activating group) is 1. The average Bonchev–Trinajstić information content (AvgIpc) is 3.37. The van der Waals surface area contributed by atoms with E-state index < -0.39 is 0 Å². The molecule has 196 valence electrons. The standard InChI is InChI=1S/C25H43N7O3/c1-31(25(8-9-25)15-35-24-26-10-4-11-27-24)23(34)21-17-14-32(12-7-19(17)29-30-21)22(33)20-13-16-5-2-3-6-18(16)28-20/h16-21,24,26-30H,2-15H2,1H3. The van der Waals surface area contributed by atoms with Crippen molar-refractivity contribution >= 4 is 11.8 Å². The minimum atomic E-state index is -0.317. The number of nitrogens with one attached hydrogen (secondary N) is 5. The predicted octanol–water partition coefficient (Wildman–Crippen LogP) is -0.525. The molecule has 6 fully saturated rings. The van der Waals surface area contributed by atoms with Gasteiger partial charge in [0.1, 0.15) is 6.04 Å². The molecule has 4 heterocycles. The highest BCUT2D eigenvalue weighted by molar-refractivity contribution is 5.85. The second-order valence-corrected chi connectivity index (χ2v) is 11.8. The second-order valence-electron chi connectivity index (χ2n) is 11.8. The van der Waals surface area contributed by atoms with Crippen LogP contribution in [0.15, 0.2) is 0 Å². The Hall–Kier alpha value is -1.30. The van der Waals surface area contributed by atoms with Gasteiger partial charge in [0.05, 0.1) is 18.2 Å². The number of hydrazine groups is 1. The summed E-state index contributed by atoms with van der Waals surface area (Å²) in [7, 11) is 1.92. The van der Waals surface area contributed by atoms with Crippen molar-refractivity contribution in [3.8, 4) is 0 Å². The Morgan fingerprint density at radius 3 is 2.60 bits per heavy atom. The molecule has 6 atom stereocenters. The molecular weight excluding hydrogens is 446 g/mol. The molecule has 2 saturated carbocycles. The van der Waals surface area contributed by atoms with Gasteiger partial charge in [-0.2, -0.15) is 0 Å². The molecule has 0 aromatic rings. The number of piperidine rings is 1. The Kier molecular flexibility index (Phi) is 6.79. The number of fused-ring (bicyclic) bond motifs is 2. The average molecular weight is 490 g/mol. The van der Waals surface area contributed by atoms with Crippen molar-refractivity contribution in [2.75, 3.05) is 39.8 Å². The topological polar surface area (TPSA) is 110 Å². The summed E-state index contributed by atoms with van der Waals surface area (Å²) in [4.78, 5) is 31.1. The number of carbonyl (C=O) groups is 2. The summed E-state index contributed by atoms with van der Waals surface area (Å²) >= 11 is 0. The molecule has 10 nitrogen and oxygen atoms in total. The molecule has 5 N–H and O–H groups in total. The van der Waals surface area contributed by atoms with Gasteiger partial charge in [0, 0.05) is 38.1 Å². The summed E-state index contributed by atoms with van der Waals surface area (Å²) in [5, 5.41) is 10.3. The zero-order valence-corrected chi connectivity index (χ0v) is 21.1.